The molecule has 1 aliphatic rings. The summed E-state index contributed by atoms with van der Waals surface area (Å²) in [7, 11) is -0.641. The van der Waals surface area contributed by atoms with Gasteiger partial charge in [-0.3, -0.25) is 0 Å². The van der Waals surface area contributed by atoms with Gasteiger partial charge in [-0.2, -0.15) is 0 Å². The summed E-state index contributed by atoms with van der Waals surface area (Å²) in [6, 6.07) is 26.3. The lowest BCUT2D eigenvalue weighted by Gasteiger charge is -2.20. The largest absolute Gasteiger partial charge is 0.487 e. The maximum Gasteiger partial charge on any atom is 0.203 e. The van der Waals surface area contributed by atoms with Crippen LogP contribution in [0.2, 0.25) is 0 Å². The molecule has 0 spiro atoms. The quantitative estimate of drug-likeness (QED) is 0.137. The van der Waals surface area contributed by atoms with Gasteiger partial charge in [0.05, 0.1) is 67.8 Å². The maximum absolute atomic E-state index is 6.61. The smallest absolute Gasteiger partial charge is 0.203 e. The Balaban J connectivity index is 1.81. The summed E-state index contributed by atoms with van der Waals surface area (Å²) in [5.74, 6) is 3.81. The van der Waals surface area contributed by atoms with Crippen molar-refractivity contribution < 1.29 is 18.9 Å². The Labute approximate surface area is 290 Å². The zero-order valence-electron chi connectivity index (χ0n) is 27.9. The number of benzene rings is 4. The van der Waals surface area contributed by atoms with Crippen LogP contribution < -0.4 is 18.9 Å². The van der Waals surface area contributed by atoms with Crippen LogP contribution in [0, 0.1) is 0 Å². The lowest BCUT2D eigenvalue weighted by atomic mass is 10.3. The molecule has 8 heteroatoms. The molecule has 1 heterocycles. The molecule has 244 valence electrons. The third-order valence-corrected chi connectivity index (χ3v) is 13.4. The standard InChI is InChI=1S/C38H46O4S4/c1-7-23-39-35-27-15-11-19-31(35)45(5)32-20-13-17-29(37(32)41-25-9-3)44-30-18-14-22-34(38(30)42-26-10-4)46(6)33-21-12-16-28(43-27)36(33)40-24-8-2/h11-22H,7-10,23-26H2,1-6H3/q+2. The summed E-state index contributed by atoms with van der Waals surface area (Å²) in [5.41, 5.74) is 0. The maximum atomic E-state index is 6.61. The van der Waals surface area contributed by atoms with E-state index in [0.717, 1.165) is 68.3 Å². The van der Waals surface area contributed by atoms with E-state index in [-0.39, 0.29) is 21.8 Å². The van der Waals surface area contributed by atoms with E-state index in [1.165, 1.54) is 19.6 Å². The van der Waals surface area contributed by atoms with Crippen LogP contribution >= 0.6 is 23.5 Å². The molecule has 4 nitrogen and oxygen atoms in total. The molecule has 0 saturated carbocycles. The molecule has 0 N–H and O–H groups in total. The van der Waals surface area contributed by atoms with Gasteiger partial charge in [-0.05, 0) is 74.2 Å². The van der Waals surface area contributed by atoms with Crippen molar-refractivity contribution in [3.8, 4) is 23.0 Å². The van der Waals surface area contributed by atoms with Gasteiger partial charge in [0.2, 0.25) is 19.6 Å². The average Bonchev–Trinajstić information content (AvgIpc) is 3.08. The fourth-order valence-electron chi connectivity index (χ4n) is 5.13. The van der Waals surface area contributed by atoms with Crippen LogP contribution in [-0.2, 0) is 21.8 Å². The average molecular weight is 695 g/mol. The van der Waals surface area contributed by atoms with E-state index in [9.17, 15) is 0 Å². The fraction of sp³-hybridized carbons (Fsp3) is 0.368. The summed E-state index contributed by atoms with van der Waals surface area (Å²) in [6.45, 7) is 11.3. The Hall–Kier alpha value is -2.52. The number of hydrogen-bond acceptors (Lipinski definition) is 6. The van der Waals surface area contributed by atoms with E-state index >= 15 is 0 Å². The second-order valence-corrected chi connectivity index (χ2v) is 16.9. The fourth-order valence-corrected chi connectivity index (χ4v) is 10.9. The molecule has 0 saturated heterocycles. The number of hydrogen-bond donors (Lipinski definition) is 0. The molecular formula is C38H46O4S4+2. The van der Waals surface area contributed by atoms with Gasteiger partial charge in [-0.1, -0.05) is 75.5 Å². The minimum absolute atomic E-state index is 0.320. The number of ether oxygens (including phenoxy) is 4. The molecule has 0 atom stereocenters. The first-order chi connectivity index (χ1) is 22.5. The number of rotatable bonds is 12. The summed E-state index contributed by atoms with van der Waals surface area (Å²) < 4.78 is 26.4. The van der Waals surface area contributed by atoms with Crippen LogP contribution in [0.4, 0.5) is 0 Å². The minimum atomic E-state index is -0.320. The van der Waals surface area contributed by atoms with Gasteiger partial charge in [0.1, 0.15) is 12.5 Å². The second-order valence-electron chi connectivity index (χ2n) is 11.0. The first-order valence-corrected chi connectivity index (χ1v) is 21.1. The van der Waals surface area contributed by atoms with Gasteiger partial charge >= 0.3 is 0 Å². The predicted molar refractivity (Wildman–Crippen MR) is 197 cm³/mol. The third-order valence-electron chi connectivity index (χ3n) is 7.33. The molecule has 0 aromatic heterocycles. The molecule has 46 heavy (non-hydrogen) atoms. The first-order valence-electron chi connectivity index (χ1n) is 16.2. The summed E-state index contributed by atoms with van der Waals surface area (Å²) in [6.07, 6.45) is 8.34. The van der Waals surface area contributed by atoms with Crippen LogP contribution in [0.15, 0.2) is 112 Å². The van der Waals surface area contributed by atoms with Crippen LogP contribution in [0.5, 0.6) is 23.0 Å². The topological polar surface area (TPSA) is 36.9 Å². The van der Waals surface area contributed by atoms with Gasteiger partial charge in [-0.25, -0.2) is 0 Å². The molecule has 0 fully saturated rings. The Morgan fingerprint density at radius 1 is 0.413 bits per heavy atom. The number of para-hydroxylation sites is 4. The van der Waals surface area contributed by atoms with E-state index in [4.69, 9.17) is 18.9 Å². The lowest BCUT2D eigenvalue weighted by molar-refractivity contribution is 0.299. The Bertz CT molecular complexity index is 1370. The summed E-state index contributed by atoms with van der Waals surface area (Å²) in [5, 5.41) is 0. The predicted octanol–water partition coefficient (Wildman–Crippen LogP) is 10.8. The van der Waals surface area contributed by atoms with Crippen molar-refractivity contribution in [2.24, 2.45) is 0 Å². The second kappa shape index (κ2) is 17.0. The van der Waals surface area contributed by atoms with Crippen molar-refractivity contribution in [1.82, 2.24) is 0 Å². The van der Waals surface area contributed by atoms with Crippen molar-refractivity contribution in [1.29, 1.82) is 0 Å². The van der Waals surface area contributed by atoms with Crippen molar-refractivity contribution >= 4 is 45.3 Å². The third kappa shape index (κ3) is 7.78. The van der Waals surface area contributed by atoms with Crippen LogP contribution in [0.3, 0.4) is 0 Å². The van der Waals surface area contributed by atoms with Gasteiger partial charge in [-0.15, -0.1) is 0 Å². The summed E-state index contributed by atoms with van der Waals surface area (Å²) >= 11 is 3.48. The zero-order chi connectivity index (χ0) is 32.5. The lowest BCUT2D eigenvalue weighted by Crippen LogP contribution is -2.11. The molecule has 1 aliphatic heterocycles. The Morgan fingerprint density at radius 3 is 0.870 bits per heavy atom. The SMILES string of the molecule is CCCOc1c2cccc1[S+](C)c1cccc(c1OCCC)Sc1cccc(c1OCCC)[S+](C)c1cccc(c1OCCC)S2. The molecule has 0 unspecified atom stereocenters. The highest BCUT2D eigenvalue weighted by molar-refractivity contribution is 8.00. The van der Waals surface area contributed by atoms with Crippen LogP contribution in [-0.4, -0.2) is 38.9 Å². The van der Waals surface area contributed by atoms with Crippen LogP contribution in [0.1, 0.15) is 53.4 Å². The minimum Gasteiger partial charge on any atom is -0.487 e. The van der Waals surface area contributed by atoms with E-state index < -0.39 is 0 Å². The van der Waals surface area contributed by atoms with Gasteiger partial charge in [0, 0.05) is 0 Å². The highest BCUT2D eigenvalue weighted by atomic mass is 32.2. The van der Waals surface area contributed by atoms with Crippen molar-refractivity contribution in [3.05, 3.63) is 72.8 Å². The van der Waals surface area contributed by atoms with Crippen LogP contribution in [0.25, 0.3) is 0 Å². The molecule has 8 bridgehead atoms. The van der Waals surface area contributed by atoms with E-state index in [1.54, 1.807) is 23.5 Å². The molecule has 5 rings (SSSR count). The zero-order valence-corrected chi connectivity index (χ0v) is 31.1. The van der Waals surface area contributed by atoms with E-state index in [1.807, 2.05) is 0 Å². The summed E-state index contributed by atoms with van der Waals surface area (Å²) in [4.78, 5) is 9.14. The first kappa shape index (κ1) is 34.8. The number of fused-ring (bicyclic) bond motifs is 8. The molecular weight excluding hydrogens is 649 g/mol. The highest BCUT2D eigenvalue weighted by Crippen LogP contribution is 2.50. The highest BCUT2D eigenvalue weighted by Gasteiger charge is 2.35. The molecule has 4 aromatic carbocycles. The van der Waals surface area contributed by atoms with Crippen molar-refractivity contribution in [3.63, 3.8) is 0 Å². The Morgan fingerprint density at radius 2 is 0.652 bits per heavy atom. The molecule has 0 amide bonds. The van der Waals surface area contributed by atoms with Crippen molar-refractivity contribution in [2.75, 3.05) is 38.9 Å². The van der Waals surface area contributed by atoms with Crippen molar-refractivity contribution in [2.45, 2.75) is 92.5 Å². The molecule has 0 aliphatic carbocycles. The normalized spacial score (nSPS) is 15.7. The van der Waals surface area contributed by atoms with Gasteiger partial charge in [0.15, 0.2) is 23.0 Å². The monoisotopic (exact) mass is 694 g/mol. The van der Waals surface area contributed by atoms with Gasteiger partial charge < -0.3 is 18.9 Å². The van der Waals surface area contributed by atoms with Gasteiger partial charge in [0.25, 0.3) is 0 Å². The van der Waals surface area contributed by atoms with E-state index in [2.05, 4.69) is 113 Å². The van der Waals surface area contributed by atoms with E-state index in [0.29, 0.717) is 26.4 Å². The molecule has 0 radical (unpaired) electrons. The Kier molecular flexibility index (Phi) is 12.9. The molecule has 4 aromatic rings.